The average Bonchev–Trinajstić information content (AvgIpc) is 3.47. The van der Waals surface area contributed by atoms with Crippen LogP contribution in [0.3, 0.4) is 0 Å². The molecule has 1 saturated carbocycles. The van der Waals surface area contributed by atoms with Crippen LogP contribution in [0.15, 0.2) is 42.6 Å². The van der Waals surface area contributed by atoms with Gasteiger partial charge in [-0.25, -0.2) is 9.97 Å². The predicted octanol–water partition coefficient (Wildman–Crippen LogP) is 4.67. The Bertz CT molecular complexity index is 1250. The third-order valence-corrected chi connectivity index (χ3v) is 7.25. The van der Waals surface area contributed by atoms with E-state index in [2.05, 4.69) is 9.97 Å². The van der Waals surface area contributed by atoms with Gasteiger partial charge in [0.05, 0.1) is 41.3 Å². The van der Waals surface area contributed by atoms with E-state index in [1.54, 1.807) is 18.2 Å². The summed E-state index contributed by atoms with van der Waals surface area (Å²) in [7, 11) is 0. The number of ketones is 2. The molecule has 2 aromatic carbocycles. The molecule has 32 heavy (non-hydrogen) atoms. The largest absolute Gasteiger partial charge is 0.437 e. The van der Waals surface area contributed by atoms with E-state index >= 15 is 0 Å². The number of aryl methyl sites for hydroxylation is 1. The van der Waals surface area contributed by atoms with E-state index in [9.17, 15) is 9.59 Å². The van der Waals surface area contributed by atoms with Crippen LogP contribution in [0.4, 0.5) is 0 Å². The van der Waals surface area contributed by atoms with Crippen LogP contribution in [-0.4, -0.2) is 33.7 Å². The quantitative estimate of drug-likeness (QED) is 0.540. The Morgan fingerprint density at radius 3 is 2.50 bits per heavy atom. The third-order valence-electron chi connectivity index (χ3n) is 7.01. The molecular weight excluding hydrogens is 428 g/mol. The number of nitrogens with zero attached hydrogens (tertiary/aromatic N) is 2. The zero-order valence-corrected chi connectivity index (χ0v) is 18.2. The molecule has 3 aliphatic rings. The summed E-state index contributed by atoms with van der Waals surface area (Å²) >= 11 is 6.02. The fourth-order valence-electron chi connectivity index (χ4n) is 5.60. The number of hydrogen-bond donors (Lipinski definition) is 0. The third kappa shape index (κ3) is 2.97. The van der Waals surface area contributed by atoms with Crippen molar-refractivity contribution in [3.05, 3.63) is 58.7 Å². The van der Waals surface area contributed by atoms with Crippen LogP contribution in [0.1, 0.15) is 36.8 Å². The lowest BCUT2D eigenvalue weighted by Gasteiger charge is -2.17. The van der Waals surface area contributed by atoms with Crippen LogP contribution in [0, 0.1) is 11.8 Å². The van der Waals surface area contributed by atoms with Gasteiger partial charge in [0.15, 0.2) is 11.6 Å². The molecule has 1 aromatic heterocycles. The molecule has 3 aromatic rings. The normalized spacial score (nSPS) is 28.5. The maximum absolute atomic E-state index is 13.3. The Morgan fingerprint density at radius 1 is 1.03 bits per heavy atom. The Morgan fingerprint density at radius 2 is 1.78 bits per heavy atom. The molecule has 3 fully saturated rings. The number of halogens is 1. The lowest BCUT2D eigenvalue weighted by molar-refractivity contribution is -0.127. The highest BCUT2D eigenvalue weighted by Crippen LogP contribution is 2.52. The lowest BCUT2D eigenvalue weighted by atomic mass is 9.81. The van der Waals surface area contributed by atoms with Crippen molar-refractivity contribution < 1.29 is 19.1 Å². The molecular formula is C25H21ClN2O4. The second-order valence-corrected chi connectivity index (χ2v) is 9.17. The minimum Gasteiger partial charge on any atom is -0.437 e. The van der Waals surface area contributed by atoms with E-state index in [4.69, 9.17) is 21.1 Å². The van der Waals surface area contributed by atoms with Gasteiger partial charge >= 0.3 is 0 Å². The van der Waals surface area contributed by atoms with Crippen molar-refractivity contribution in [1.82, 2.24) is 9.97 Å². The molecule has 1 unspecified atom stereocenters. The zero-order chi connectivity index (χ0) is 22.0. The van der Waals surface area contributed by atoms with Crippen LogP contribution in [0.2, 0.25) is 5.02 Å². The molecule has 6 rings (SSSR count). The van der Waals surface area contributed by atoms with E-state index in [-0.39, 0.29) is 35.6 Å². The van der Waals surface area contributed by atoms with E-state index in [0.717, 1.165) is 30.4 Å². The second kappa shape index (κ2) is 7.36. The van der Waals surface area contributed by atoms with Gasteiger partial charge < -0.3 is 9.47 Å². The van der Waals surface area contributed by atoms with Crippen molar-refractivity contribution in [3.8, 4) is 11.6 Å². The smallest absolute Gasteiger partial charge is 0.238 e. The molecule has 162 valence electrons. The highest BCUT2D eigenvalue weighted by Gasteiger charge is 2.63. The van der Waals surface area contributed by atoms with Gasteiger partial charge in [0.25, 0.3) is 0 Å². The number of carbonyl (C=O) groups excluding carboxylic acids is 2. The molecule has 5 atom stereocenters. The van der Waals surface area contributed by atoms with E-state index in [0.29, 0.717) is 27.7 Å². The summed E-state index contributed by atoms with van der Waals surface area (Å²) < 4.78 is 11.9. The van der Waals surface area contributed by atoms with Crippen molar-refractivity contribution >= 4 is 34.2 Å². The fraction of sp³-hybridized carbons (Fsp3) is 0.360. The Balaban J connectivity index is 1.34. The van der Waals surface area contributed by atoms with Crippen molar-refractivity contribution in [2.75, 3.05) is 0 Å². The highest BCUT2D eigenvalue weighted by atomic mass is 35.5. The van der Waals surface area contributed by atoms with E-state index in [1.165, 1.54) is 6.20 Å². The first-order valence-corrected chi connectivity index (χ1v) is 11.4. The summed E-state index contributed by atoms with van der Waals surface area (Å²) in [5, 5.41) is 0.592. The van der Waals surface area contributed by atoms with Gasteiger partial charge in [0.2, 0.25) is 5.88 Å². The zero-order valence-electron chi connectivity index (χ0n) is 17.5. The molecule has 0 amide bonds. The standard InChI is InChI=1S/C25H21ClN2O4/c1-2-12-3-5-14(31-20-11-27-17-9-13(26)4-6-16(17)28-20)10-15(12)21-24(29)22-18-7-8-19(32-18)23(22)25(21)30/h3-6,9-11,18-19,21-23H,2,7-8H2,1H3/t18-,19+,21?,22-,23+. The molecule has 2 saturated heterocycles. The minimum atomic E-state index is -0.736. The summed E-state index contributed by atoms with van der Waals surface area (Å²) in [5.74, 6) is -0.459. The maximum atomic E-state index is 13.3. The van der Waals surface area contributed by atoms with Crippen LogP contribution >= 0.6 is 11.6 Å². The Hall–Kier alpha value is -2.83. The van der Waals surface area contributed by atoms with E-state index < -0.39 is 5.92 Å². The fourth-order valence-corrected chi connectivity index (χ4v) is 5.76. The number of rotatable bonds is 4. The number of benzene rings is 2. The summed E-state index contributed by atoms with van der Waals surface area (Å²) in [6, 6.07) is 10.9. The van der Waals surface area contributed by atoms with Crippen LogP contribution in [0.25, 0.3) is 11.0 Å². The number of carbonyl (C=O) groups is 2. The Labute approximate surface area is 189 Å². The van der Waals surface area contributed by atoms with Crippen molar-refractivity contribution in [1.29, 1.82) is 0 Å². The number of ether oxygens (including phenoxy) is 2. The second-order valence-electron chi connectivity index (χ2n) is 8.74. The summed E-state index contributed by atoms with van der Waals surface area (Å²) in [4.78, 5) is 35.5. The minimum absolute atomic E-state index is 0.00132. The first-order valence-electron chi connectivity index (χ1n) is 11.0. The monoisotopic (exact) mass is 448 g/mol. The maximum Gasteiger partial charge on any atom is 0.238 e. The topological polar surface area (TPSA) is 78.4 Å². The molecule has 0 spiro atoms. The molecule has 2 bridgehead atoms. The van der Waals surface area contributed by atoms with Crippen LogP contribution < -0.4 is 4.74 Å². The molecule has 2 aliphatic heterocycles. The van der Waals surface area contributed by atoms with Crippen LogP contribution in [-0.2, 0) is 20.7 Å². The first-order chi connectivity index (χ1) is 15.5. The predicted molar refractivity (Wildman–Crippen MR) is 118 cm³/mol. The van der Waals surface area contributed by atoms with Crippen molar-refractivity contribution in [3.63, 3.8) is 0 Å². The van der Waals surface area contributed by atoms with Crippen molar-refractivity contribution in [2.24, 2.45) is 11.8 Å². The van der Waals surface area contributed by atoms with Gasteiger partial charge in [-0.2, -0.15) is 0 Å². The number of hydrogen-bond acceptors (Lipinski definition) is 6. The SMILES string of the molecule is CCc1ccc(Oc2cnc3cc(Cl)ccc3n2)cc1C1C(=O)[C@@H]2[C@H](C1=O)[C@H]1CC[C@@H]2O1. The van der Waals surface area contributed by atoms with Gasteiger partial charge in [0.1, 0.15) is 11.7 Å². The van der Waals surface area contributed by atoms with Crippen LogP contribution in [0.5, 0.6) is 11.6 Å². The van der Waals surface area contributed by atoms with E-state index in [1.807, 2.05) is 25.1 Å². The molecule has 6 nitrogen and oxygen atoms in total. The van der Waals surface area contributed by atoms with Gasteiger partial charge in [-0.15, -0.1) is 0 Å². The van der Waals surface area contributed by atoms with Gasteiger partial charge in [-0.05, 0) is 60.7 Å². The molecule has 0 radical (unpaired) electrons. The van der Waals surface area contributed by atoms with Gasteiger partial charge in [0, 0.05) is 5.02 Å². The molecule has 0 N–H and O–H groups in total. The van der Waals surface area contributed by atoms with Gasteiger partial charge in [-0.1, -0.05) is 24.6 Å². The number of aromatic nitrogens is 2. The highest BCUT2D eigenvalue weighted by molar-refractivity contribution is 6.31. The molecule has 3 heterocycles. The summed E-state index contributed by atoms with van der Waals surface area (Å²) in [6.07, 6.45) is 3.80. The molecule has 7 heteroatoms. The number of Topliss-reactive ketones (excluding diaryl/α,β-unsaturated/α-hetero) is 2. The Kier molecular flexibility index (Phi) is 4.56. The lowest BCUT2D eigenvalue weighted by Crippen LogP contribution is -2.29. The average molecular weight is 449 g/mol. The first kappa shape index (κ1) is 19.8. The summed E-state index contributed by atoms with van der Waals surface area (Å²) in [5.41, 5.74) is 3.07. The summed E-state index contributed by atoms with van der Waals surface area (Å²) in [6.45, 7) is 2.02. The van der Waals surface area contributed by atoms with Gasteiger partial charge in [-0.3, -0.25) is 9.59 Å². The number of fused-ring (bicyclic) bond motifs is 6. The molecule has 1 aliphatic carbocycles. The van der Waals surface area contributed by atoms with Crippen molar-refractivity contribution in [2.45, 2.75) is 44.3 Å².